The molecule has 11 heavy (non-hydrogen) atoms. The van der Waals surface area contributed by atoms with Crippen LogP contribution >= 0.6 is 0 Å². The Morgan fingerprint density at radius 1 is 1.64 bits per heavy atom. The second-order valence-corrected chi connectivity index (χ2v) is 2.66. The summed E-state index contributed by atoms with van der Waals surface area (Å²) in [5, 5.41) is 18.2. The van der Waals surface area contributed by atoms with Gasteiger partial charge < -0.3 is 10.2 Å². The standard InChI is InChI=1S/C8H10O3/c1-5-2-6(4-9)3-7(10)8(5)11/h2-5,8,10-11H,1H3. The van der Waals surface area contributed by atoms with Crippen LogP contribution in [-0.2, 0) is 4.79 Å². The van der Waals surface area contributed by atoms with Crippen LogP contribution in [0.25, 0.3) is 0 Å². The fourth-order valence-corrected chi connectivity index (χ4v) is 1.04. The van der Waals surface area contributed by atoms with Crippen molar-refractivity contribution in [3.05, 3.63) is 23.5 Å². The molecule has 3 nitrogen and oxygen atoms in total. The summed E-state index contributed by atoms with van der Waals surface area (Å²) in [7, 11) is 0. The van der Waals surface area contributed by atoms with E-state index in [2.05, 4.69) is 0 Å². The van der Waals surface area contributed by atoms with Gasteiger partial charge in [0.1, 0.15) is 18.1 Å². The molecule has 0 aliphatic heterocycles. The Bertz CT molecular complexity index is 227. The first kappa shape index (κ1) is 8.01. The van der Waals surface area contributed by atoms with E-state index in [4.69, 9.17) is 5.11 Å². The van der Waals surface area contributed by atoms with Gasteiger partial charge in [0.05, 0.1) is 0 Å². The monoisotopic (exact) mass is 154 g/mol. The first-order chi connectivity index (χ1) is 5.15. The summed E-state index contributed by atoms with van der Waals surface area (Å²) in [5.41, 5.74) is 0.417. The first-order valence-corrected chi connectivity index (χ1v) is 3.40. The highest BCUT2D eigenvalue weighted by molar-refractivity contribution is 5.78. The predicted octanol–water partition coefficient (Wildman–Crippen LogP) is 0.564. The summed E-state index contributed by atoms with van der Waals surface area (Å²) in [6, 6.07) is 0. The van der Waals surface area contributed by atoms with Gasteiger partial charge in [-0.05, 0) is 6.08 Å². The van der Waals surface area contributed by atoms with Crippen molar-refractivity contribution in [3.8, 4) is 0 Å². The molecular weight excluding hydrogens is 144 g/mol. The van der Waals surface area contributed by atoms with Crippen LogP contribution in [0, 0.1) is 5.92 Å². The van der Waals surface area contributed by atoms with Gasteiger partial charge in [0, 0.05) is 11.5 Å². The van der Waals surface area contributed by atoms with Gasteiger partial charge in [-0.15, -0.1) is 0 Å². The molecule has 0 amide bonds. The Morgan fingerprint density at radius 2 is 2.27 bits per heavy atom. The van der Waals surface area contributed by atoms with E-state index in [9.17, 15) is 9.90 Å². The lowest BCUT2D eigenvalue weighted by molar-refractivity contribution is -0.104. The maximum Gasteiger partial charge on any atom is 0.149 e. The van der Waals surface area contributed by atoms with E-state index in [1.54, 1.807) is 13.0 Å². The minimum absolute atomic E-state index is 0.137. The van der Waals surface area contributed by atoms with Gasteiger partial charge in [0.25, 0.3) is 0 Å². The van der Waals surface area contributed by atoms with Gasteiger partial charge in [-0.2, -0.15) is 0 Å². The molecule has 0 bridgehead atoms. The Kier molecular flexibility index (Phi) is 2.10. The number of aldehydes is 1. The van der Waals surface area contributed by atoms with Crippen molar-refractivity contribution in [1.29, 1.82) is 0 Å². The first-order valence-electron chi connectivity index (χ1n) is 3.40. The fraction of sp³-hybridized carbons (Fsp3) is 0.375. The summed E-state index contributed by atoms with van der Waals surface area (Å²) in [5.74, 6) is -0.331. The van der Waals surface area contributed by atoms with Crippen molar-refractivity contribution in [2.24, 2.45) is 5.92 Å². The normalized spacial score (nSPS) is 30.7. The summed E-state index contributed by atoms with van der Waals surface area (Å²) in [4.78, 5) is 10.3. The summed E-state index contributed by atoms with van der Waals surface area (Å²) >= 11 is 0. The molecule has 0 spiro atoms. The number of aliphatic hydroxyl groups is 2. The van der Waals surface area contributed by atoms with Crippen molar-refractivity contribution in [3.63, 3.8) is 0 Å². The largest absolute Gasteiger partial charge is 0.510 e. The van der Waals surface area contributed by atoms with E-state index < -0.39 is 6.10 Å². The number of allylic oxidation sites excluding steroid dienone is 2. The van der Waals surface area contributed by atoms with Crippen LogP contribution in [0.15, 0.2) is 23.5 Å². The molecule has 2 N–H and O–H groups in total. The molecule has 1 aliphatic carbocycles. The molecule has 0 aromatic carbocycles. The quantitative estimate of drug-likeness (QED) is 0.543. The molecule has 0 aromatic rings. The SMILES string of the molecule is CC1C=C(C=O)C=C(O)C1O. The molecule has 0 saturated heterocycles. The van der Waals surface area contributed by atoms with Gasteiger partial charge >= 0.3 is 0 Å². The second kappa shape index (κ2) is 2.88. The molecule has 1 aliphatic rings. The van der Waals surface area contributed by atoms with Crippen LogP contribution in [0.3, 0.4) is 0 Å². The van der Waals surface area contributed by atoms with E-state index in [1.807, 2.05) is 0 Å². The third kappa shape index (κ3) is 1.49. The molecule has 0 saturated carbocycles. The second-order valence-electron chi connectivity index (χ2n) is 2.66. The van der Waals surface area contributed by atoms with Gasteiger partial charge in [-0.3, -0.25) is 4.79 Å². The number of carbonyl (C=O) groups is 1. The minimum Gasteiger partial charge on any atom is -0.510 e. The summed E-state index contributed by atoms with van der Waals surface area (Å²) in [6.07, 6.45) is 2.69. The molecule has 0 fully saturated rings. The highest BCUT2D eigenvalue weighted by atomic mass is 16.3. The lowest BCUT2D eigenvalue weighted by atomic mass is 9.94. The minimum atomic E-state index is -0.862. The molecule has 2 unspecified atom stereocenters. The van der Waals surface area contributed by atoms with Gasteiger partial charge in [0.15, 0.2) is 0 Å². The van der Waals surface area contributed by atoms with Gasteiger partial charge in [0.2, 0.25) is 0 Å². The molecule has 2 atom stereocenters. The Balaban J connectivity index is 2.90. The van der Waals surface area contributed by atoms with Crippen LogP contribution < -0.4 is 0 Å². The number of aliphatic hydroxyl groups excluding tert-OH is 2. The molecule has 1 rings (SSSR count). The third-order valence-electron chi connectivity index (χ3n) is 1.71. The predicted molar refractivity (Wildman–Crippen MR) is 40.0 cm³/mol. The Hall–Kier alpha value is -1.09. The van der Waals surface area contributed by atoms with Crippen molar-refractivity contribution < 1.29 is 15.0 Å². The Morgan fingerprint density at radius 3 is 2.73 bits per heavy atom. The van der Waals surface area contributed by atoms with Crippen molar-refractivity contribution in [1.82, 2.24) is 0 Å². The number of rotatable bonds is 1. The molecule has 0 heterocycles. The smallest absolute Gasteiger partial charge is 0.149 e. The average molecular weight is 154 g/mol. The van der Waals surface area contributed by atoms with Gasteiger partial charge in [-0.25, -0.2) is 0 Å². The molecule has 60 valence electrons. The van der Waals surface area contributed by atoms with Crippen LogP contribution in [-0.4, -0.2) is 22.6 Å². The number of hydrogen-bond acceptors (Lipinski definition) is 3. The van der Waals surface area contributed by atoms with E-state index in [1.165, 1.54) is 6.08 Å². The fourth-order valence-electron chi connectivity index (χ4n) is 1.04. The zero-order valence-electron chi connectivity index (χ0n) is 6.19. The van der Waals surface area contributed by atoms with Crippen molar-refractivity contribution in [2.45, 2.75) is 13.0 Å². The van der Waals surface area contributed by atoms with E-state index in [-0.39, 0.29) is 11.7 Å². The van der Waals surface area contributed by atoms with E-state index in [0.29, 0.717) is 11.9 Å². The van der Waals surface area contributed by atoms with Crippen molar-refractivity contribution >= 4 is 6.29 Å². The summed E-state index contributed by atoms with van der Waals surface area (Å²) < 4.78 is 0. The van der Waals surface area contributed by atoms with Crippen molar-refractivity contribution in [2.75, 3.05) is 0 Å². The zero-order chi connectivity index (χ0) is 8.43. The average Bonchev–Trinajstić information content (AvgIpc) is 1.99. The molecular formula is C8H10O3. The lowest BCUT2D eigenvalue weighted by Gasteiger charge is -2.18. The molecule has 0 radical (unpaired) electrons. The summed E-state index contributed by atoms with van der Waals surface area (Å²) in [6.45, 7) is 1.73. The highest BCUT2D eigenvalue weighted by Crippen LogP contribution is 2.19. The zero-order valence-corrected chi connectivity index (χ0v) is 6.19. The maximum atomic E-state index is 10.3. The van der Waals surface area contributed by atoms with Crippen LogP contribution in [0.1, 0.15) is 6.92 Å². The maximum absolute atomic E-state index is 10.3. The van der Waals surface area contributed by atoms with E-state index in [0.717, 1.165) is 0 Å². The highest BCUT2D eigenvalue weighted by Gasteiger charge is 2.20. The molecule has 0 aromatic heterocycles. The molecule has 3 heteroatoms. The van der Waals surface area contributed by atoms with E-state index >= 15 is 0 Å². The number of carbonyl (C=O) groups excluding carboxylic acids is 1. The van der Waals surface area contributed by atoms with Crippen LogP contribution in [0.5, 0.6) is 0 Å². The third-order valence-corrected chi connectivity index (χ3v) is 1.71. The van der Waals surface area contributed by atoms with Gasteiger partial charge in [-0.1, -0.05) is 13.0 Å². The van der Waals surface area contributed by atoms with Crippen LogP contribution in [0.4, 0.5) is 0 Å². The topological polar surface area (TPSA) is 57.5 Å². The number of hydrogen-bond donors (Lipinski definition) is 2. The van der Waals surface area contributed by atoms with Crippen LogP contribution in [0.2, 0.25) is 0 Å². The lowest BCUT2D eigenvalue weighted by Crippen LogP contribution is -2.22. The Labute approximate surface area is 64.7 Å².